The summed E-state index contributed by atoms with van der Waals surface area (Å²) in [5, 5.41) is 0. The molecule has 0 amide bonds. The fourth-order valence-corrected chi connectivity index (χ4v) is 13.5. The van der Waals surface area contributed by atoms with Crippen molar-refractivity contribution in [2.45, 2.75) is 57.6 Å². The van der Waals surface area contributed by atoms with Crippen LogP contribution < -0.4 is 0 Å². The molecule has 4 heteroatoms. The van der Waals surface area contributed by atoms with Crippen molar-refractivity contribution in [2.75, 3.05) is 13.2 Å². The van der Waals surface area contributed by atoms with Gasteiger partial charge in [0.15, 0.2) is 7.83 Å². The van der Waals surface area contributed by atoms with Gasteiger partial charge in [-0.3, -0.25) is 0 Å². The van der Waals surface area contributed by atoms with E-state index in [2.05, 4.69) is 33.1 Å². The molecule has 2 nitrogen and oxygen atoms in total. The minimum absolute atomic E-state index is 0.495. The van der Waals surface area contributed by atoms with E-state index in [1.807, 2.05) is 6.08 Å². The van der Waals surface area contributed by atoms with Crippen LogP contribution in [0.5, 0.6) is 0 Å². The molecule has 1 aliphatic rings. The summed E-state index contributed by atoms with van der Waals surface area (Å²) >= 11 is 0. The van der Waals surface area contributed by atoms with Gasteiger partial charge in [0.25, 0.3) is 0 Å². The summed E-state index contributed by atoms with van der Waals surface area (Å²) in [6, 6.07) is 2.82. The monoisotopic (exact) mass is 272 g/mol. The second-order valence-electron chi connectivity index (χ2n) is 6.01. The topological polar surface area (TPSA) is 18.5 Å². The van der Waals surface area contributed by atoms with E-state index in [0.717, 1.165) is 6.61 Å². The number of rotatable bonds is 6. The van der Waals surface area contributed by atoms with Gasteiger partial charge in [0, 0.05) is 12.7 Å². The van der Waals surface area contributed by atoms with Crippen LogP contribution in [0.2, 0.25) is 31.7 Å². The van der Waals surface area contributed by atoms with Crippen molar-refractivity contribution in [1.29, 1.82) is 0 Å². The largest absolute Gasteiger partial charge is 0.417 e. The summed E-state index contributed by atoms with van der Waals surface area (Å²) in [4.78, 5) is 0. The molecule has 0 radical (unpaired) electrons. The molecule has 0 saturated carbocycles. The fourth-order valence-electron chi connectivity index (χ4n) is 2.68. The van der Waals surface area contributed by atoms with Crippen LogP contribution in [0.25, 0.3) is 0 Å². The summed E-state index contributed by atoms with van der Waals surface area (Å²) in [5.41, 5.74) is 0. The number of hydrogen-bond acceptors (Lipinski definition) is 2. The van der Waals surface area contributed by atoms with Gasteiger partial charge in [0.2, 0.25) is 0 Å². The average molecular weight is 273 g/mol. The van der Waals surface area contributed by atoms with Crippen LogP contribution in [-0.4, -0.2) is 34.7 Å². The van der Waals surface area contributed by atoms with Gasteiger partial charge in [0.1, 0.15) is 0 Å². The Morgan fingerprint density at radius 1 is 1.41 bits per heavy atom. The van der Waals surface area contributed by atoms with Crippen LogP contribution >= 0.6 is 0 Å². The normalized spacial score (nSPS) is 32.4. The van der Waals surface area contributed by atoms with Gasteiger partial charge in [-0.15, -0.1) is 6.58 Å². The summed E-state index contributed by atoms with van der Waals surface area (Å²) in [7, 11) is -2.57. The van der Waals surface area contributed by atoms with E-state index in [1.165, 1.54) is 24.9 Å². The van der Waals surface area contributed by atoms with Crippen LogP contribution in [0.4, 0.5) is 0 Å². The highest BCUT2D eigenvalue weighted by Crippen LogP contribution is 2.36. The van der Waals surface area contributed by atoms with Gasteiger partial charge in [-0.25, -0.2) is 0 Å². The average Bonchev–Trinajstić information content (AvgIpc) is 2.24. The van der Waals surface area contributed by atoms with Gasteiger partial charge in [-0.2, -0.15) is 0 Å². The van der Waals surface area contributed by atoms with Crippen molar-refractivity contribution < 1.29 is 9.16 Å². The highest BCUT2D eigenvalue weighted by atomic mass is 29.3. The Labute approximate surface area is 108 Å². The van der Waals surface area contributed by atoms with Crippen LogP contribution in [0.3, 0.4) is 0 Å². The maximum Gasteiger partial charge on any atom is 0.174 e. The molecule has 2 atom stereocenters. The lowest BCUT2D eigenvalue weighted by atomic mass is 10.3. The third-order valence-electron chi connectivity index (χ3n) is 4.30. The zero-order chi connectivity index (χ0) is 12.9. The van der Waals surface area contributed by atoms with E-state index < -0.39 is 15.4 Å². The molecular weight excluding hydrogens is 244 g/mol. The molecule has 1 saturated heterocycles. The molecule has 100 valence electrons. The van der Waals surface area contributed by atoms with Gasteiger partial charge < -0.3 is 9.16 Å². The first-order valence-corrected chi connectivity index (χ1v) is 13.6. The molecule has 0 spiro atoms. The van der Waals surface area contributed by atoms with Crippen LogP contribution in [0.15, 0.2) is 12.7 Å². The molecule has 2 unspecified atom stereocenters. The maximum atomic E-state index is 6.31. The van der Waals surface area contributed by atoms with Gasteiger partial charge in [-0.05, 0) is 32.9 Å². The summed E-state index contributed by atoms with van der Waals surface area (Å²) in [5.74, 6) is 0. The lowest BCUT2D eigenvalue weighted by Gasteiger charge is -2.47. The Kier molecular flexibility index (Phi) is 5.63. The van der Waals surface area contributed by atoms with Crippen LogP contribution in [0.1, 0.15) is 19.8 Å². The van der Waals surface area contributed by atoms with Crippen molar-refractivity contribution in [3.63, 3.8) is 0 Å². The van der Waals surface area contributed by atoms with E-state index in [4.69, 9.17) is 9.16 Å². The fraction of sp³-hybridized carbons (Fsp3) is 0.846. The zero-order valence-electron chi connectivity index (χ0n) is 11.9. The Bertz CT molecular complexity index is 256. The number of hydrogen-bond donors (Lipinski definition) is 0. The predicted octanol–water partition coefficient (Wildman–Crippen LogP) is 3.75. The Morgan fingerprint density at radius 2 is 2.12 bits per heavy atom. The standard InChI is InChI=1S/C13H28O2Si2/c1-6-9-14-10-7-11-17(5)12-8-13(2)15-16(17,3)4/h6,13H,1,7-12H2,2-5H3. The zero-order valence-corrected chi connectivity index (χ0v) is 13.9. The first kappa shape index (κ1) is 15.2. The summed E-state index contributed by atoms with van der Waals surface area (Å²) < 4.78 is 11.8. The molecule has 1 aliphatic heterocycles. The van der Waals surface area contributed by atoms with E-state index >= 15 is 0 Å². The van der Waals surface area contributed by atoms with Gasteiger partial charge >= 0.3 is 0 Å². The summed E-state index contributed by atoms with van der Waals surface area (Å²) in [6.07, 6.45) is 4.79. The lowest BCUT2D eigenvalue weighted by molar-refractivity contribution is 0.162. The smallest absolute Gasteiger partial charge is 0.174 e. The third-order valence-corrected chi connectivity index (χ3v) is 21.6. The quantitative estimate of drug-likeness (QED) is 0.416. The van der Waals surface area contributed by atoms with Crippen LogP contribution in [0, 0.1) is 0 Å². The minimum Gasteiger partial charge on any atom is -0.417 e. The van der Waals surface area contributed by atoms with Crippen LogP contribution in [-0.2, 0) is 9.16 Å². The maximum absolute atomic E-state index is 6.31. The van der Waals surface area contributed by atoms with E-state index in [0.29, 0.717) is 12.7 Å². The first-order valence-electron chi connectivity index (χ1n) is 6.78. The van der Waals surface area contributed by atoms with Gasteiger partial charge in [-0.1, -0.05) is 24.7 Å². The van der Waals surface area contributed by atoms with Gasteiger partial charge in [0.05, 0.1) is 14.2 Å². The van der Waals surface area contributed by atoms with E-state index in [9.17, 15) is 0 Å². The molecule has 0 aromatic rings. The van der Waals surface area contributed by atoms with E-state index in [-0.39, 0.29) is 0 Å². The first-order chi connectivity index (χ1) is 7.91. The molecule has 0 bridgehead atoms. The second-order valence-corrected chi connectivity index (χ2v) is 20.6. The SMILES string of the molecule is C=CCOCCC[Si]1(C)CCC(C)O[Si]1(C)C. The highest BCUT2D eigenvalue weighted by Gasteiger charge is 2.49. The second kappa shape index (κ2) is 6.32. The Hall–Kier alpha value is 0.0938. The Morgan fingerprint density at radius 3 is 2.71 bits per heavy atom. The molecule has 1 rings (SSSR count). The molecule has 0 aromatic carbocycles. The predicted molar refractivity (Wildman–Crippen MR) is 79.5 cm³/mol. The lowest BCUT2D eigenvalue weighted by Crippen LogP contribution is -2.63. The molecule has 0 aromatic heterocycles. The van der Waals surface area contributed by atoms with Crippen molar-refractivity contribution in [3.8, 4) is 0 Å². The molecule has 17 heavy (non-hydrogen) atoms. The van der Waals surface area contributed by atoms with E-state index in [1.54, 1.807) is 0 Å². The molecule has 0 N–H and O–H groups in total. The molecular formula is C13H28O2Si2. The van der Waals surface area contributed by atoms with Crippen molar-refractivity contribution in [2.24, 2.45) is 0 Å². The Balaban J connectivity index is 2.41. The summed E-state index contributed by atoms with van der Waals surface area (Å²) in [6.45, 7) is 14.9. The molecule has 0 aliphatic carbocycles. The molecule has 1 heterocycles. The van der Waals surface area contributed by atoms with Crippen molar-refractivity contribution >= 4 is 15.4 Å². The van der Waals surface area contributed by atoms with Crippen molar-refractivity contribution in [3.05, 3.63) is 12.7 Å². The number of ether oxygens (including phenoxy) is 1. The molecule has 1 fully saturated rings. The highest BCUT2D eigenvalue weighted by molar-refractivity contribution is 7.38. The third kappa shape index (κ3) is 4.05. The minimum atomic E-state index is -1.41. The van der Waals surface area contributed by atoms with Crippen molar-refractivity contribution in [1.82, 2.24) is 0 Å².